The number of aromatic nitrogens is 4. The average molecular weight is 203 g/mol. The molecule has 0 aliphatic rings. The summed E-state index contributed by atoms with van der Waals surface area (Å²) in [5.41, 5.74) is 6.44. The largest absolute Gasteiger partial charge is 0.330 e. The van der Waals surface area contributed by atoms with Crippen molar-refractivity contribution in [3.8, 4) is 5.69 Å². The number of benzene rings is 1. The lowest BCUT2D eigenvalue weighted by atomic mass is 10.2. The lowest BCUT2D eigenvalue weighted by Crippen LogP contribution is -2.10. The van der Waals surface area contributed by atoms with E-state index in [0.717, 1.165) is 5.69 Å². The minimum Gasteiger partial charge on any atom is -0.330 e. The molecule has 0 bridgehead atoms. The molecule has 1 aromatic carbocycles. The Balaban J connectivity index is 2.28. The Morgan fingerprint density at radius 3 is 2.73 bits per heavy atom. The summed E-state index contributed by atoms with van der Waals surface area (Å²) >= 11 is 0. The van der Waals surface area contributed by atoms with E-state index in [0.29, 0.717) is 12.4 Å². The first kappa shape index (κ1) is 9.79. The van der Waals surface area contributed by atoms with E-state index in [4.69, 9.17) is 5.73 Å². The lowest BCUT2D eigenvalue weighted by Gasteiger charge is -2.00. The zero-order chi connectivity index (χ0) is 10.7. The van der Waals surface area contributed by atoms with Crippen molar-refractivity contribution < 1.29 is 0 Å². The summed E-state index contributed by atoms with van der Waals surface area (Å²) in [5, 5.41) is 12.2. The molecule has 0 radical (unpaired) electrons. The summed E-state index contributed by atoms with van der Waals surface area (Å²) in [6.07, 6.45) is 0. The van der Waals surface area contributed by atoms with Gasteiger partial charge < -0.3 is 5.73 Å². The van der Waals surface area contributed by atoms with Crippen LogP contribution in [0.3, 0.4) is 0 Å². The van der Waals surface area contributed by atoms with Crippen LogP contribution in [-0.2, 0) is 0 Å². The zero-order valence-electron chi connectivity index (χ0n) is 8.54. The second-order valence-electron chi connectivity index (χ2n) is 3.41. The van der Waals surface area contributed by atoms with Crippen molar-refractivity contribution >= 4 is 0 Å². The first-order valence-corrected chi connectivity index (χ1v) is 4.86. The summed E-state index contributed by atoms with van der Waals surface area (Å²) < 4.78 is 0. The highest BCUT2D eigenvalue weighted by atomic mass is 15.6. The standard InChI is InChI=1S/C10H13N5/c1-8(7-11)10-12-14-15(13-10)9-5-3-2-4-6-9/h2-6,8H,7,11H2,1H3. The third-order valence-corrected chi connectivity index (χ3v) is 2.21. The molecule has 78 valence electrons. The molecule has 1 aromatic heterocycles. The molecule has 5 heteroatoms. The fraction of sp³-hybridized carbons (Fsp3) is 0.300. The van der Waals surface area contributed by atoms with Crippen molar-refractivity contribution in [1.82, 2.24) is 20.2 Å². The van der Waals surface area contributed by atoms with Crippen LogP contribution < -0.4 is 5.73 Å². The van der Waals surface area contributed by atoms with Gasteiger partial charge in [-0.25, -0.2) is 0 Å². The van der Waals surface area contributed by atoms with E-state index in [2.05, 4.69) is 15.4 Å². The van der Waals surface area contributed by atoms with Crippen molar-refractivity contribution in [3.05, 3.63) is 36.2 Å². The first-order chi connectivity index (χ1) is 7.31. The van der Waals surface area contributed by atoms with E-state index in [1.807, 2.05) is 37.3 Å². The third kappa shape index (κ3) is 2.02. The molecular weight excluding hydrogens is 190 g/mol. The molecule has 0 spiro atoms. The van der Waals surface area contributed by atoms with E-state index >= 15 is 0 Å². The summed E-state index contributed by atoms with van der Waals surface area (Å²) in [5.74, 6) is 0.823. The number of hydrogen-bond donors (Lipinski definition) is 1. The van der Waals surface area contributed by atoms with Gasteiger partial charge in [0.25, 0.3) is 0 Å². The Hall–Kier alpha value is -1.75. The quantitative estimate of drug-likeness (QED) is 0.798. The highest BCUT2D eigenvalue weighted by Gasteiger charge is 2.10. The fourth-order valence-electron chi connectivity index (χ4n) is 1.20. The molecule has 1 atom stereocenters. The van der Waals surface area contributed by atoms with E-state index in [-0.39, 0.29) is 5.92 Å². The predicted octanol–water partition coefficient (Wildman–Crippen LogP) is 0.724. The Morgan fingerprint density at radius 2 is 2.07 bits per heavy atom. The molecule has 2 rings (SSSR count). The van der Waals surface area contributed by atoms with Gasteiger partial charge in [-0.3, -0.25) is 0 Å². The summed E-state index contributed by atoms with van der Waals surface area (Å²) in [7, 11) is 0. The van der Waals surface area contributed by atoms with Gasteiger partial charge in [0.1, 0.15) is 0 Å². The van der Waals surface area contributed by atoms with Gasteiger partial charge in [-0.2, -0.15) is 0 Å². The van der Waals surface area contributed by atoms with Crippen molar-refractivity contribution in [2.75, 3.05) is 6.54 Å². The molecule has 2 aromatic rings. The molecule has 0 saturated carbocycles. The predicted molar refractivity (Wildman–Crippen MR) is 56.6 cm³/mol. The Kier molecular flexibility index (Phi) is 2.73. The number of para-hydroxylation sites is 1. The van der Waals surface area contributed by atoms with Crippen LogP contribution in [0.4, 0.5) is 0 Å². The van der Waals surface area contributed by atoms with Crippen LogP contribution in [0.5, 0.6) is 0 Å². The van der Waals surface area contributed by atoms with Gasteiger partial charge in [0.15, 0.2) is 5.82 Å². The van der Waals surface area contributed by atoms with Gasteiger partial charge >= 0.3 is 0 Å². The van der Waals surface area contributed by atoms with E-state index < -0.39 is 0 Å². The van der Waals surface area contributed by atoms with E-state index in [9.17, 15) is 0 Å². The molecule has 0 saturated heterocycles. The monoisotopic (exact) mass is 203 g/mol. The van der Waals surface area contributed by atoms with E-state index in [1.165, 1.54) is 4.80 Å². The zero-order valence-corrected chi connectivity index (χ0v) is 8.54. The molecule has 15 heavy (non-hydrogen) atoms. The second-order valence-corrected chi connectivity index (χ2v) is 3.41. The van der Waals surface area contributed by atoms with Gasteiger partial charge in [-0.15, -0.1) is 15.0 Å². The van der Waals surface area contributed by atoms with Crippen LogP contribution in [0.2, 0.25) is 0 Å². The number of tetrazole rings is 1. The Morgan fingerprint density at radius 1 is 1.33 bits per heavy atom. The van der Waals surface area contributed by atoms with Crippen LogP contribution in [0.25, 0.3) is 5.69 Å². The van der Waals surface area contributed by atoms with Gasteiger partial charge in [-0.1, -0.05) is 25.1 Å². The molecular formula is C10H13N5. The Bertz CT molecular complexity index is 422. The summed E-state index contributed by atoms with van der Waals surface area (Å²) in [4.78, 5) is 1.52. The molecule has 2 N–H and O–H groups in total. The van der Waals surface area contributed by atoms with Crippen molar-refractivity contribution in [3.63, 3.8) is 0 Å². The molecule has 1 heterocycles. The highest BCUT2D eigenvalue weighted by molar-refractivity contribution is 5.28. The average Bonchev–Trinajstić information content (AvgIpc) is 2.78. The number of rotatable bonds is 3. The maximum atomic E-state index is 5.53. The number of hydrogen-bond acceptors (Lipinski definition) is 4. The van der Waals surface area contributed by atoms with Crippen LogP contribution in [0.1, 0.15) is 18.7 Å². The maximum absolute atomic E-state index is 5.53. The topological polar surface area (TPSA) is 69.6 Å². The molecule has 1 unspecified atom stereocenters. The first-order valence-electron chi connectivity index (χ1n) is 4.86. The molecule has 0 amide bonds. The van der Waals surface area contributed by atoms with Gasteiger partial charge in [-0.05, 0) is 17.3 Å². The van der Waals surface area contributed by atoms with E-state index in [1.54, 1.807) is 0 Å². The lowest BCUT2D eigenvalue weighted by molar-refractivity contribution is 0.694. The summed E-state index contributed by atoms with van der Waals surface area (Å²) in [6.45, 7) is 2.51. The van der Waals surface area contributed by atoms with Crippen LogP contribution in [-0.4, -0.2) is 26.8 Å². The minimum atomic E-state index is 0.141. The smallest absolute Gasteiger partial charge is 0.179 e. The number of nitrogens with zero attached hydrogens (tertiary/aromatic N) is 4. The van der Waals surface area contributed by atoms with Crippen molar-refractivity contribution in [1.29, 1.82) is 0 Å². The van der Waals surface area contributed by atoms with Crippen LogP contribution >= 0.6 is 0 Å². The maximum Gasteiger partial charge on any atom is 0.179 e. The SMILES string of the molecule is CC(CN)c1nnn(-c2ccccc2)n1. The fourth-order valence-corrected chi connectivity index (χ4v) is 1.20. The molecule has 0 aliphatic carbocycles. The summed E-state index contributed by atoms with van der Waals surface area (Å²) in [6, 6.07) is 9.68. The Labute approximate surface area is 87.9 Å². The third-order valence-electron chi connectivity index (χ3n) is 2.21. The van der Waals surface area contributed by atoms with Crippen LogP contribution in [0, 0.1) is 0 Å². The van der Waals surface area contributed by atoms with Crippen molar-refractivity contribution in [2.24, 2.45) is 5.73 Å². The van der Waals surface area contributed by atoms with Gasteiger partial charge in [0.05, 0.1) is 5.69 Å². The highest BCUT2D eigenvalue weighted by Crippen LogP contribution is 2.08. The second kappa shape index (κ2) is 4.18. The molecule has 0 aliphatic heterocycles. The van der Waals surface area contributed by atoms with Gasteiger partial charge in [0.2, 0.25) is 0 Å². The number of nitrogens with two attached hydrogens (primary N) is 1. The molecule has 0 fully saturated rings. The van der Waals surface area contributed by atoms with Gasteiger partial charge in [0, 0.05) is 12.5 Å². The van der Waals surface area contributed by atoms with Crippen LogP contribution in [0.15, 0.2) is 30.3 Å². The minimum absolute atomic E-state index is 0.141. The molecule has 5 nitrogen and oxygen atoms in total. The normalized spacial score (nSPS) is 12.7. The van der Waals surface area contributed by atoms with Crippen molar-refractivity contribution in [2.45, 2.75) is 12.8 Å².